The third kappa shape index (κ3) is 8.01. The summed E-state index contributed by atoms with van der Waals surface area (Å²) in [7, 11) is 0. The molecule has 0 aliphatic carbocycles. The van der Waals surface area contributed by atoms with Gasteiger partial charge in [-0.1, -0.05) is 0 Å². The lowest BCUT2D eigenvalue weighted by Crippen LogP contribution is -2.40. The Morgan fingerprint density at radius 2 is 2.14 bits per heavy atom. The molecule has 0 aliphatic heterocycles. The highest BCUT2D eigenvalue weighted by molar-refractivity contribution is 5.69. The largest absolute Gasteiger partial charge is 0.466 e. The first kappa shape index (κ1) is 13.4. The average Bonchev–Trinajstić information content (AvgIpc) is 2.00. The fourth-order valence-corrected chi connectivity index (χ4v) is 0.966. The number of nitrogens with one attached hydrogen (secondary N) is 1. The van der Waals surface area contributed by atoms with Crippen molar-refractivity contribution >= 4 is 5.97 Å². The predicted molar refractivity (Wildman–Crippen MR) is 55.0 cm³/mol. The molecule has 2 N–H and O–H groups in total. The van der Waals surface area contributed by atoms with Crippen LogP contribution in [0.25, 0.3) is 0 Å². The second-order valence-corrected chi connectivity index (χ2v) is 4.10. The lowest BCUT2D eigenvalue weighted by molar-refractivity contribution is -0.143. The molecule has 0 bridgehead atoms. The number of ether oxygens (including phenoxy) is 1. The van der Waals surface area contributed by atoms with Gasteiger partial charge in [-0.15, -0.1) is 0 Å². The number of hydrogen-bond donors (Lipinski definition) is 2. The molecule has 0 heterocycles. The van der Waals surface area contributed by atoms with Crippen molar-refractivity contribution in [3.8, 4) is 0 Å². The van der Waals surface area contributed by atoms with Crippen LogP contribution in [0, 0.1) is 0 Å². The Morgan fingerprint density at radius 1 is 1.57 bits per heavy atom. The van der Waals surface area contributed by atoms with Crippen molar-refractivity contribution in [2.75, 3.05) is 13.2 Å². The monoisotopic (exact) mass is 203 g/mol. The van der Waals surface area contributed by atoms with Crippen LogP contribution in [-0.4, -0.2) is 35.9 Å². The van der Waals surface area contributed by atoms with Crippen LogP contribution in [0.3, 0.4) is 0 Å². The Kier molecular flexibility index (Phi) is 5.72. The van der Waals surface area contributed by atoms with E-state index in [1.54, 1.807) is 20.8 Å². The second kappa shape index (κ2) is 5.98. The predicted octanol–water partition coefficient (Wildman–Crippen LogP) is 0.689. The van der Waals surface area contributed by atoms with Crippen molar-refractivity contribution in [3.05, 3.63) is 0 Å². The van der Waals surface area contributed by atoms with Gasteiger partial charge >= 0.3 is 5.97 Å². The molecule has 0 rings (SSSR count). The van der Waals surface area contributed by atoms with Gasteiger partial charge < -0.3 is 15.2 Å². The van der Waals surface area contributed by atoms with Gasteiger partial charge in [0.15, 0.2) is 0 Å². The topological polar surface area (TPSA) is 58.6 Å². The Bertz CT molecular complexity index is 175. The number of rotatable bonds is 6. The van der Waals surface area contributed by atoms with Gasteiger partial charge in [-0.25, -0.2) is 0 Å². The molecule has 4 nitrogen and oxygen atoms in total. The fraction of sp³-hybridized carbons (Fsp3) is 0.900. The molecule has 0 fully saturated rings. The van der Waals surface area contributed by atoms with E-state index in [0.29, 0.717) is 19.6 Å². The third-order valence-corrected chi connectivity index (χ3v) is 1.66. The van der Waals surface area contributed by atoms with E-state index in [9.17, 15) is 9.90 Å². The Balaban J connectivity index is 3.65. The number of esters is 1. The summed E-state index contributed by atoms with van der Waals surface area (Å²) in [4.78, 5) is 11.1. The first-order valence-electron chi connectivity index (χ1n) is 4.96. The van der Waals surface area contributed by atoms with Gasteiger partial charge in [0.25, 0.3) is 0 Å². The molecule has 84 valence electrons. The summed E-state index contributed by atoms with van der Waals surface area (Å²) in [5, 5.41) is 12.5. The number of aliphatic hydroxyl groups is 1. The quantitative estimate of drug-likeness (QED) is 0.624. The van der Waals surface area contributed by atoms with E-state index in [1.807, 2.05) is 6.92 Å². The minimum Gasteiger partial charge on any atom is -0.466 e. The molecule has 0 saturated heterocycles. The van der Waals surface area contributed by atoms with Crippen LogP contribution in [0.4, 0.5) is 0 Å². The molecule has 0 aromatic rings. The van der Waals surface area contributed by atoms with Crippen molar-refractivity contribution in [3.63, 3.8) is 0 Å². The smallest absolute Gasteiger partial charge is 0.307 e. The van der Waals surface area contributed by atoms with Crippen molar-refractivity contribution in [1.82, 2.24) is 5.32 Å². The second-order valence-electron chi connectivity index (χ2n) is 4.10. The van der Waals surface area contributed by atoms with Crippen molar-refractivity contribution in [2.24, 2.45) is 0 Å². The summed E-state index contributed by atoms with van der Waals surface area (Å²) in [6.45, 7) is 7.99. The average molecular weight is 203 g/mol. The zero-order chi connectivity index (χ0) is 11.2. The number of carbonyl (C=O) groups excluding carboxylic acids is 1. The standard InChI is InChI=1S/C10H21NO3/c1-5-14-9(12)6-8(2)11-7-10(3,4)13/h8,11,13H,5-7H2,1-4H3. The molecule has 1 unspecified atom stereocenters. The molecule has 1 atom stereocenters. The van der Waals surface area contributed by atoms with Gasteiger partial charge in [0.2, 0.25) is 0 Å². The summed E-state index contributed by atoms with van der Waals surface area (Å²) in [5.74, 6) is -0.205. The molecule has 0 aliphatic rings. The van der Waals surface area contributed by atoms with Crippen LogP contribution in [0.15, 0.2) is 0 Å². The van der Waals surface area contributed by atoms with E-state index in [2.05, 4.69) is 5.32 Å². The van der Waals surface area contributed by atoms with Crippen LogP contribution in [0.5, 0.6) is 0 Å². The minimum absolute atomic E-state index is 0.0282. The van der Waals surface area contributed by atoms with Crippen molar-refractivity contribution < 1.29 is 14.6 Å². The molecule has 0 radical (unpaired) electrons. The number of hydrogen-bond acceptors (Lipinski definition) is 4. The van der Waals surface area contributed by atoms with E-state index in [4.69, 9.17) is 4.74 Å². The summed E-state index contributed by atoms with van der Waals surface area (Å²) in [6, 6.07) is 0.0282. The molecule has 14 heavy (non-hydrogen) atoms. The molecule has 0 saturated carbocycles. The highest BCUT2D eigenvalue weighted by Crippen LogP contribution is 2.00. The summed E-state index contributed by atoms with van der Waals surface area (Å²) in [6.07, 6.45) is 0.337. The lowest BCUT2D eigenvalue weighted by Gasteiger charge is -2.21. The van der Waals surface area contributed by atoms with E-state index in [1.165, 1.54) is 0 Å². The number of carbonyl (C=O) groups is 1. The van der Waals surface area contributed by atoms with E-state index < -0.39 is 5.60 Å². The normalized spacial score (nSPS) is 13.8. The summed E-state index contributed by atoms with van der Waals surface area (Å²) >= 11 is 0. The van der Waals surface area contributed by atoms with Crippen molar-refractivity contribution in [1.29, 1.82) is 0 Å². The van der Waals surface area contributed by atoms with Crippen LogP contribution < -0.4 is 5.32 Å². The van der Waals surface area contributed by atoms with Gasteiger partial charge in [0, 0.05) is 12.6 Å². The molecule has 0 aromatic carbocycles. The van der Waals surface area contributed by atoms with Gasteiger partial charge in [-0.2, -0.15) is 0 Å². The van der Waals surface area contributed by atoms with Crippen LogP contribution >= 0.6 is 0 Å². The Morgan fingerprint density at radius 3 is 2.57 bits per heavy atom. The zero-order valence-corrected chi connectivity index (χ0v) is 9.46. The first-order valence-corrected chi connectivity index (χ1v) is 4.96. The molecule has 4 heteroatoms. The Hall–Kier alpha value is -0.610. The SMILES string of the molecule is CCOC(=O)CC(C)NCC(C)(C)O. The maximum atomic E-state index is 11.1. The van der Waals surface area contributed by atoms with Gasteiger partial charge in [-0.05, 0) is 27.7 Å². The maximum absolute atomic E-state index is 11.1. The van der Waals surface area contributed by atoms with E-state index in [-0.39, 0.29) is 12.0 Å². The molecule has 0 spiro atoms. The van der Waals surface area contributed by atoms with Gasteiger partial charge in [0.1, 0.15) is 0 Å². The van der Waals surface area contributed by atoms with Crippen molar-refractivity contribution in [2.45, 2.75) is 45.8 Å². The third-order valence-electron chi connectivity index (χ3n) is 1.66. The first-order chi connectivity index (χ1) is 6.35. The highest BCUT2D eigenvalue weighted by Gasteiger charge is 2.15. The summed E-state index contributed by atoms with van der Waals surface area (Å²) < 4.78 is 4.80. The molecule has 0 aromatic heterocycles. The van der Waals surface area contributed by atoms with Crippen LogP contribution in [0.2, 0.25) is 0 Å². The fourth-order valence-electron chi connectivity index (χ4n) is 0.966. The summed E-state index contributed by atoms with van der Waals surface area (Å²) in [5.41, 5.74) is -0.747. The lowest BCUT2D eigenvalue weighted by atomic mass is 10.1. The van der Waals surface area contributed by atoms with Gasteiger partial charge in [-0.3, -0.25) is 4.79 Å². The van der Waals surface area contributed by atoms with Gasteiger partial charge in [0.05, 0.1) is 18.6 Å². The van der Waals surface area contributed by atoms with Crippen LogP contribution in [-0.2, 0) is 9.53 Å². The Labute approximate surface area is 85.6 Å². The highest BCUT2D eigenvalue weighted by atomic mass is 16.5. The zero-order valence-electron chi connectivity index (χ0n) is 9.46. The van der Waals surface area contributed by atoms with Crippen LogP contribution in [0.1, 0.15) is 34.1 Å². The molecular weight excluding hydrogens is 182 g/mol. The maximum Gasteiger partial charge on any atom is 0.307 e. The van der Waals surface area contributed by atoms with E-state index >= 15 is 0 Å². The molecule has 0 amide bonds. The molecular formula is C10H21NO3. The van der Waals surface area contributed by atoms with E-state index in [0.717, 1.165) is 0 Å². The minimum atomic E-state index is -0.747.